The molecule has 30 heavy (non-hydrogen) atoms. The van der Waals surface area contributed by atoms with Gasteiger partial charge in [-0.3, -0.25) is 4.79 Å². The van der Waals surface area contributed by atoms with Crippen molar-refractivity contribution < 1.29 is 23.8 Å². The number of carbonyl (C=O) groups excluding carboxylic acids is 2. The van der Waals surface area contributed by atoms with Gasteiger partial charge >= 0.3 is 6.03 Å². The number of ether oxygens (including phenoxy) is 3. The lowest BCUT2D eigenvalue weighted by atomic mass is 10.1. The molecular formula is C22H25N3O5. The summed E-state index contributed by atoms with van der Waals surface area (Å²) in [6.45, 7) is 0.700. The van der Waals surface area contributed by atoms with Crippen LogP contribution < -0.4 is 29.7 Å². The maximum absolute atomic E-state index is 12.6. The fraction of sp³-hybridized carbons (Fsp3) is 0.364. The molecule has 0 spiro atoms. The molecule has 4 rings (SSSR count). The molecule has 2 aromatic rings. The van der Waals surface area contributed by atoms with Gasteiger partial charge in [-0.25, -0.2) is 4.79 Å². The van der Waals surface area contributed by atoms with Gasteiger partial charge in [0, 0.05) is 36.0 Å². The van der Waals surface area contributed by atoms with Gasteiger partial charge in [-0.1, -0.05) is 6.07 Å². The molecule has 0 unspecified atom stereocenters. The number of amides is 3. The number of benzene rings is 2. The van der Waals surface area contributed by atoms with Gasteiger partial charge in [-0.05, 0) is 37.0 Å². The highest BCUT2D eigenvalue weighted by Gasteiger charge is 2.36. The first-order chi connectivity index (χ1) is 14.5. The minimum atomic E-state index is -0.415. The molecule has 0 atom stereocenters. The maximum atomic E-state index is 12.6. The van der Waals surface area contributed by atoms with Crippen LogP contribution in [-0.4, -0.2) is 39.8 Å². The number of fused-ring (bicyclic) bond motifs is 1. The van der Waals surface area contributed by atoms with E-state index in [0.717, 1.165) is 30.5 Å². The summed E-state index contributed by atoms with van der Waals surface area (Å²) < 4.78 is 15.9. The van der Waals surface area contributed by atoms with Gasteiger partial charge in [-0.2, -0.15) is 0 Å². The molecule has 1 saturated carbocycles. The zero-order valence-corrected chi connectivity index (χ0v) is 17.3. The summed E-state index contributed by atoms with van der Waals surface area (Å²) >= 11 is 0. The molecular weight excluding hydrogens is 386 g/mol. The Hall–Kier alpha value is -3.42. The first-order valence-corrected chi connectivity index (χ1v) is 9.86. The molecule has 2 aromatic carbocycles. The van der Waals surface area contributed by atoms with Crippen molar-refractivity contribution in [3.05, 3.63) is 35.9 Å². The number of nitrogens with one attached hydrogen (secondary N) is 2. The van der Waals surface area contributed by atoms with E-state index in [1.165, 1.54) is 21.3 Å². The molecule has 1 heterocycles. The van der Waals surface area contributed by atoms with Crippen molar-refractivity contribution in [2.24, 2.45) is 5.92 Å². The molecule has 0 radical (unpaired) electrons. The van der Waals surface area contributed by atoms with Crippen LogP contribution in [0.15, 0.2) is 30.3 Å². The van der Waals surface area contributed by atoms with Crippen LogP contribution in [0, 0.1) is 5.92 Å². The van der Waals surface area contributed by atoms with Gasteiger partial charge in [0.05, 0.1) is 27.0 Å². The Morgan fingerprint density at radius 1 is 0.933 bits per heavy atom. The lowest BCUT2D eigenvalue weighted by Crippen LogP contribution is -2.30. The second-order valence-corrected chi connectivity index (χ2v) is 7.35. The maximum Gasteiger partial charge on any atom is 0.323 e. The van der Waals surface area contributed by atoms with Crippen molar-refractivity contribution in [1.82, 2.24) is 0 Å². The standard InChI is InChI=1S/C22H25N3O5/c1-28-18-11-16(12-19(29-2)20(18)30-3)24-22(27)23-15-7-6-13-8-9-25(17(13)10-15)21(26)14-4-5-14/h6-7,10-12,14H,4-5,8-9H2,1-3H3,(H2,23,24,27). The van der Waals surface area contributed by atoms with Crippen LogP contribution >= 0.6 is 0 Å². The smallest absolute Gasteiger partial charge is 0.323 e. The van der Waals surface area contributed by atoms with E-state index in [1.807, 2.05) is 23.1 Å². The van der Waals surface area contributed by atoms with Crippen LogP contribution in [0.25, 0.3) is 0 Å². The van der Waals surface area contributed by atoms with Crippen molar-refractivity contribution in [3.63, 3.8) is 0 Å². The average Bonchev–Trinajstić information content (AvgIpc) is 3.52. The molecule has 1 aliphatic heterocycles. The SMILES string of the molecule is COc1cc(NC(=O)Nc2ccc3c(c2)N(C(=O)C2CC2)CC3)cc(OC)c1OC. The van der Waals surface area contributed by atoms with Crippen molar-refractivity contribution in [1.29, 1.82) is 0 Å². The van der Waals surface area contributed by atoms with E-state index in [1.54, 1.807) is 12.1 Å². The first kappa shape index (κ1) is 19.9. The molecule has 0 aromatic heterocycles. The number of carbonyl (C=O) groups is 2. The zero-order valence-electron chi connectivity index (χ0n) is 17.3. The predicted molar refractivity (Wildman–Crippen MR) is 114 cm³/mol. The largest absolute Gasteiger partial charge is 0.493 e. The highest BCUT2D eigenvalue weighted by atomic mass is 16.5. The number of methoxy groups -OCH3 is 3. The average molecular weight is 411 g/mol. The van der Waals surface area contributed by atoms with Gasteiger partial charge in [0.25, 0.3) is 0 Å². The van der Waals surface area contributed by atoms with Crippen LogP contribution in [0.4, 0.5) is 21.9 Å². The number of hydrogen-bond acceptors (Lipinski definition) is 5. The van der Waals surface area contributed by atoms with E-state index < -0.39 is 6.03 Å². The molecule has 158 valence electrons. The van der Waals surface area contributed by atoms with Gasteiger partial charge in [-0.15, -0.1) is 0 Å². The quantitative estimate of drug-likeness (QED) is 0.757. The van der Waals surface area contributed by atoms with Crippen LogP contribution in [0.2, 0.25) is 0 Å². The second kappa shape index (κ2) is 8.14. The van der Waals surface area contributed by atoms with Crippen LogP contribution in [0.3, 0.4) is 0 Å². The molecule has 2 aliphatic rings. The third-order valence-corrected chi connectivity index (χ3v) is 5.35. The summed E-state index contributed by atoms with van der Waals surface area (Å²) in [6.07, 6.45) is 2.78. The van der Waals surface area contributed by atoms with Gasteiger partial charge in [0.2, 0.25) is 11.7 Å². The van der Waals surface area contributed by atoms with E-state index in [4.69, 9.17) is 14.2 Å². The lowest BCUT2D eigenvalue weighted by molar-refractivity contribution is -0.119. The number of rotatable bonds is 6. The van der Waals surface area contributed by atoms with Crippen LogP contribution in [0.5, 0.6) is 17.2 Å². The summed E-state index contributed by atoms with van der Waals surface area (Å²) in [4.78, 5) is 26.9. The molecule has 1 fully saturated rings. The van der Waals surface area contributed by atoms with E-state index >= 15 is 0 Å². The Morgan fingerprint density at radius 3 is 2.20 bits per heavy atom. The number of urea groups is 1. The summed E-state index contributed by atoms with van der Waals surface area (Å²) in [5, 5.41) is 5.60. The Labute approximate surface area is 175 Å². The van der Waals surface area contributed by atoms with Crippen molar-refractivity contribution in [2.75, 3.05) is 43.4 Å². The van der Waals surface area contributed by atoms with E-state index in [0.29, 0.717) is 35.2 Å². The summed E-state index contributed by atoms with van der Waals surface area (Å²) in [5.41, 5.74) is 3.12. The first-order valence-electron chi connectivity index (χ1n) is 9.86. The monoisotopic (exact) mass is 411 g/mol. The zero-order chi connectivity index (χ0) is 21.3. The van der Waals surface area contributed by atoms with Crippen LogP contribution in [0.1, 0.15) is 18.4 Å². The highest BCUT2D eigenvalue weighted by molar-refractivity contribution is 6.02. The molecule has 0 saturated heterocycles. The van der Waals surface area contributed by atoms with Gasteiger partial charge in [0.15, 0.2) is 11.5 Å². The Bertz CT molecular complexity index is 962. The Morgan fingerprint density at radius 2 is 1.60 bits per heavy atom. The number of hydrogen-bond donors (Lipinski definition) is 2. The van der Waals surface area contributed by atoms with Crippen molar-refractivity contribution in [2.45, 2.75) is 19.3 Å². The number of nitrogens with zero attached hydrogens (tertiary/aromatic N) is 1. The normalized spacial score (nSPS) is 14.7. The third-order valence-electron chi connectivity index (χ3n) is 5.35. The van der Waals surface area contributed by atoms with Crippen molar-refractivity contribution in [3.8, 4) is 17.2 Å². The molecule has 2 N–H and O–H groups in total. The third kappa shape index (κ3) is 3.85. The summed E-state index contributed by atoms with van der Waals surface area (Å²) in [6, 6.07) is 8.56. The Balaban J connectivity index is 1.49. The lowest BCUT2D eigenvalue weighted by Gasteiger charge is -2.18. The van der Waals surface area contributed by atoms with E-state index in [2.05, 4.69) is 10.6 Å². The summed E-state index contributed by atoms with van der Waals surface area (Å²) in [5.74, 6) is 1.69. The topological polar surface area (TPSA) is 89.1 Å². The van der Waals surface area contributed by atoms with Gasteiger partial charge < -0.3 is 29.7 Å². The minimum absolute atomic E-state index is 0.163. The van der Waals surface area contributed by atoms with Gasteiger partial charge in [0.1, 0.15) is 0 Å². The molecule has 8 heteroatoms. The fourth-order valence-electron chi connectivity index (χ4n) is 3.68. The molecule has 0 bridgehead atoms. The minimum Gasteiger partial charge on any atom is -0.493 e. The fourth-order valence-corrected chi connectivity index (χ4v) is 3.68. The summed E-state index contributed by atoms with van der Waals surface area (Å²) in [7, 11) is 4.55. The highest BCUT2D eigenvalue weighted by Crippen LogP contribution is 2.40. The second-order valence-electron chi connectivity index (χ2n) is 7.35. The predicted octanol–water partition coefficient (Wildman–Crippen LogP) is 3.66. The molecule has 3 amide bonds. The van der Waals surface area contributed by atoms with Crippen molar-refractivity contribution >= 4 is 29.0 Å². The van der Waals surface area contributed by atoms with E-state index in [-0.39, 0.29) is 11.8 Å². The molecule has 1 aliphatic carbocycles. The number of anilines is 3. The molecule has 8 nitrogen and oxygen atoms in total. The Kier molecular flexibility index (Phi) is 5.39. The van der Waals surface area contributed by atoms with E-state index in [9.17, 15) is 9.59 Å². The van der Waals surface area contributed by atoms with Crippen LogP contribution in [-0.2, 0) is 11.2 Å².